The smallest absolute Gasteiger partial charge is 0.322 e. The minimum absolute atomic E-state index is 0.0817. The van der Waals surface area contributed by atoms with E-state index in [9.17, 15) is 9.59 Å². The second kappa shape index (κ2) is 8.24. The Morgan fingerprint density at radius 3 is 2.79 bits per heavy atom. The molecule has 0 bridgehead atoms. The van der Waals surface area contributed by atoms with Crippen LogP contribution >= 0.6 is 0 Å². The Hall–Kier alpha value is -0.980. The summed E-state index contributed by atoms with van der Waals surface area (Å²) in [6.07, 6.45) is 0.533. The van der Waals surface area contributed by atoms with Crippen LogP contribution in [0.15, 0.2) is 0 Å². The molecule has 0 aliphatic carbocycles. The second-order valence-corrected chi connectivity index (χ2v) is 4.38. The van der Waals surface area contributed by atoms with Gasteiger partial charge in [-0.2, -0.15) is 0 Å². The summed E-state index contributed by atoms with van der Waals surface area (Å²) < 4.78 is 20.5. The van der Waals surface area contributed by atoms with Crippen LogP contribution < -0.4 is 0 Å². The maximum absolute atomic E-state index is 12.1. The average molecular weight is 274 g/mol. The third-order valence-electron chi connectivity index (χ3n) is 3.13. The van der Waals surface area contributed by atoms with Crippen molar-refractivity contribution >= 4 is 11.8 Å². The molecule has 0 spiro atoms. The minimum atomic E-state index is -1.19. The van der Waals surface area contributed by atoms with Gasteiger partial charge in [0.1, 0.15) is 0 Å². The fourth-order valence-electron chi connectivity index (χ4n) is 1.98. The van der Waals surface area contributed by atoms with Gasteiger partial charge in [-0.1, -0.05) is 0 Å². The second-order valence-electron chi connectivity index (χ2n) is 4.38. The molecular formula is C13H22O6. The molecule has 0 aromatic heterocycles. The molecule has 110 valence electrons. The van der Waals surface area contributed by atoms with Crippen molar-refractivity contribution in [2.75, 3.05) is 46.8 Å². The van der Waals surface area contributed by atoms with Crippen LogP contribution in [0.25, 0.3) is 0 Å². The molecule has 1 rings (SSSR count). The molecule has 1 unspecified atom stereocenters. The van der Waals surface area contributed by atoms with Gasteiger partial charge >= 0.3 is 5.97 Å². The van der Waals surface area contributed by atoms with Gasteiger partial charge in [-0.3, -0.25) is 9.59 Å². The molecule has 0 amide bonds. The van der Waals surface area contributed by atoms with Crippen molar-refractivity contribution in [2.45, 2.75) is 19.8 Å². The summed E-state index contributed by atoms with van der Waals surface area (Å²) in [5, 5.41) is 0. The quantitative estimate of drug-likeness (QED) is 0.366. The van der Waals surface area contributed by atoms with E-state index in [1.54, 1.807) is 14.0 Å². The van der Waals surface area contributed by atoms with Crippen LogP contribution in [0.3, 0.4) is 0 Å². The van der Waals surface area contributed by atoms with Crippen LogP contribution in [-0.4, -0.2) is 58.5 Å². The Labute approximate surface area is 113 Å². The molecule has 0 aromatic carbocycles. The SMILES string of the molecule is CCOC(=O)C1(CCOCCOC)COCCC1=O. The number of ketones is 1. The zero-order chi connectivity index (χ0) is 14.1. The van der Waals surface area contributed by atoms with E-state index in [0.717, 1.165) is 0 Å². The number of hydrogen-bond donors (Lipinski definition) is 0. The van der Waals surface area contributed by atoms with Gasteiger partial charge in [-0.25, -0.2) is 0 Å². The summed E-state index contributed by atoms with van der Waals surface area (Å²) in [5.74, 6) is -0.623. The van der Waals surface area contributed by atoms with Crippen molar-refractivity contribution in [2.24, 2.45) is 5.41 Å². The van der Waals surface area contributed by atoms with E-state index < -0.39 is 11.4 Å². The highest BCUT2D eigenvalue weighted by atomic mass is 16.5. The number of rotatable bonds is 8. The third-order valence-corrected chi connectivity index (χ3v) is 3.13. The van der Waals surface area contributed by atoms with Gasteiger partial charge < -0.3 is 18.9 Å². The fraction of sp³-hybridized carbons (Fsp3) is 0.846. The maximum Gasteiger partial charge on any atom is 0.322 e. The molecule has 0 radical (unpaired) electrons. The molecule has 1 aliphatic rings. The van der Waals surface area contributed by atoms with Crippen molar-refractivity contribution < 1.29 is 28.5 Å². The van der Waals surface area contributed by atoms with Crippen molar-refractivity contribution in [3.05, 3.63) is 0 Å². The molecule has 0 saturated carbocycles. The van der Waals surface area contributed by atoms with Gasteiger partial charge in [-0.15, -0.1) is 0 Å². The molecule has 1 heterocycles. The van der Waals surface area contributed by atoms with Gasteiger partial charge in [0.05, 0.1) is 33.0 Å². The van der Waals surface area contributed by atoms with Crippen LogP contribution in [0.5, 0.6) is 0 Å². The van der Waals surface area contributed by atoms with Crippen LogP contribution in [-0.2, 0) is 28.5 Å². The summed E-state index contributed by atoms with van der Waals surface area (Å²) >= 11 is 0. The van der Waals surface area contributed by atoms with Gasteiger partial charge in [-0.05, 0) is 13.3 Å². The lowest BCUT2D eigenvalue weighted by atomic mass is 9.78. The Morgan fingerprint density at radius 1 is 1.37 bits per heavy atom. The molecule has 1 fully saturated rings. The van der Waals surface area contributed by atoms with Crippen LogP contribution in [0.2, 0.25) is 0 Å². The monoisotopic (exact) mass is 274 g/mol. The first-order valence-electron chi connectivity index (χ1n) is 6.52. The molecular weight excluding hydrogens is 252 g/mol. The van der Waals surface area contributed by atoms with E-state index >= 15 is 0 Å². The normalized spacial score (nSPS) is 23.4. The number of Topliss-reactive ketones (excluding diaryl/α,β-unsaturated/α-hetero) is 1. The molecule has 6 heteroatoms. The summed E-state index contributed by atoms with van der Waals surface area (Å²) in [5.41, 5.74) is -1.19. The van der Waals surface area contributed by atoms with Gasteiger partial charge in [0, 0.05) is 20.1 Å². The van der Waals surface area contributed by atoms with Crippen molar-refractivity contribution in [1.82, 2.24) is 0 Å². The Bertz CT molecular complexity index is 304. The lowest BCUT2D eigenvalue weighted by Gasteiger charge is -2.32. The van der Waals surface area contributed by atoms with E-state index in [-0.39, 0.29) is 31.8 Å². The first kappa shape index (κ1) is 16.1. The van der Waals surface area contributed by atoms with E-state index in [4.69, 9.17) is 18.9 Å². The van der Waals surface area contributed by atoms with E-state index in [2.05, 4.69) is 0 Å². The number of ether oxygens (including phenoxy) is 4. The predicted octanol–water partition coefficient (Wildman–Crippen LogP) is 0.578. The zero-order valence-electron chi connectivity index (χ0n) is 11.6. The molecule has 1 aliphatic heterocycles. The Kier molecular flexibility index (Phi) is 6.97. The van der Waals surface area contributed by atoms with Crippen LogP contribution in [0, 0.1) is 5.41 Å². The minimum Gasteiger partial charge on any atom is -0.465 e. The lowest BCUT2D eigenvalue weighted by Crippen LogP contribution is -2.48. The van der Waals surface area contributed by atoms with Crippen molar-refractivity contribution in [3.8, 4) is 0 Å². The van der Waals surface area contributed by atoms with E-state index in [1.165, 1.54) is 0 Å². The lowest BCUT2D eigenvalue weighted by molar-refractivity contribution is -0.171. The van der Waals surface area contributed by atoms with Crippen LogP contribution in [0.4, 0.5) is 0 Å². The largest absolute Gasteiger partial charge is 0.465 e. The number of hydrogen-bond acceptors (Lipinski definition) is 6. The number of carbonyl (C=O) groups is 2. The highest BCUT2D eigenvalue weighted by Gasteiger charge is 2.48. The summed E-state index contributed by atoms with van der Waals surface area (Å²) in [6.45, 7) is 3.63. The highest BCUT2D eigenvalue weighted by molar-refractivity contribution is 6.04. The maximum atomic E-state index is 12.1. The first-order valence-corrected chi connectivity index (χ1v) is 6.52. The molecule has 0 N–H and O–H groups in total. The Morgan fingerprint density at radius 2 is 2.16 bits per heavy atom. The topological polar surface area (TPSA) is 71.1 Å². The van der Waals surface area contributed by atoms with Crippen LogP contribution in [0.1, 0.15) is 19.8 Å². The van der Waals surface area contributed by atoms with Crippen molar-refractivity contribution in [3.63, 3.8) is 0 Å². The third kappa shape index (κ3) is 4.26. The molecule has 6 nitrogen and oxygen atoms in total. The van der Waals surface area contributed by atoms with E-state index in [0.29, 0.717) is 26.4 Å². The van der Waals surface area contributed by atoms with Crippen molar-refractivity contribution in [1.29, 1.82) is 0 Å². The molecule has 1 atom stereocenters. The predicted molar refractivity (Wildman–Crippen MR) is 66.8 cm³/mol. The average Bonchev–Trinajstić information content (AvgIpc) is 2.41. The van der Waals surface area contributed by atoms with E-state index in [1.807, 2.05) is 0 Å². The standard InChI is InChI=1S/C13H22O6/c1-3-19-12(15)13(5-7-17-9-8-16-2)10-18-6-4-11(13)14/h3-10H2,1-2H3. The summed E-state index contributed by atoms with van der Waals surface area (Å²) in [6, 6.07) is 0. The fourth-order valence-corrected chi connectivity index (χ4v) is 1.98. The summed E-state index contributed by atoms with van der Waals surface area (Å²) in [7, 11) is 1.59. The number of methoxy groups -OCH3 is 1. The first-order chi connectivity index (χ1) is 9.17. The van der Waals surface area contributed by atoms with Gasteiger partial charge in [0.2, 0.25) is 0 Å². The van der Waals surface area contributed by atoms with Gasteiger partial charge in [0.15, 0.2) is 11.2 Å². The van der Waals surface area contributed by atoms with Gasteiger partial charge in [0.25, 0.3) is 0 Å². The molecule has 1 saturated heterocycles. The zero-order valence-corrected chi connectivity index (χ0v) is 11.6. The Balaban J connectivity index is 2.58. The number of esters is 1. The number of carbonyl (C=O) groups excluding carboxylic acids is 2. The summed E-state index contributed by atoms with van der Waals surface area (Å²) in [4.78, 5) is 24.1. The highest BCUT2D eigenvalue weighted by Crippen LogP contribution is 2.31. The molecule has 19 heavy (non-hydrogen) atoms. The molecule has 0 aromatic rings.